The van der Waals surface area contributed by atoms with Crippen LogP contribution in [0.5, 0.6) is 0 Å². The zero-order chi connectivity index (χ0) is 13.7. The quantitative estimate of drug-likeness (QED) is 0.781. The fourth-order valence-corrected chi connectivity index (χ4v) is 2.18. The number of nitrogens with zero attached hydrogens (tertiary/aromatic N) is 2. The van der Waals surface area contributed by atoms with Crippen molar-refractivity contribution in [3.63, 3.8) is 0 Å². The lowest BCUT2D eigenvalue weighted by Crippen LogP contribution is -2.28. The molecule has 1 aromatic heterocycles. The van der Waals surface area contributed by atoms with Gasteiger partial charge in [-0.25, -0.2) is 9.97 Å². The van der Waals surface area contributed by atoms with E-state index in [0.29, 0.717) is 29.3 Å². The lowest BCUT2D eigenvalue weighted by atomic mass is 9.96. The van der Waals surface area contributed by atoms with Crippen LogP contribution in [0.25, 0.3) is 0 Å². The summed E-state index contributed by atoms with van der Waals surface area (Å²) in [6.45, 7) is 8.34. The minimum Gasteiger partial charge on any atom is -0.391 e. The fraction of sp³-hybridized carbons (Fsp3) is 0.692. The standard InChI is InChI=1S/C13H22ClN3O/c1-5-10(6-2)11(18)7-15-13-8(3)12(14)16-9(4)17-13/h10-11,18H,5-7H2,1-4H3,(H,15,16,17). The van der Waals surface area contributed by atoms with Gasteiger partial charge in [-0.05, 0) is 19.8 Å². The zero-order valence-electron chi connectivity index (χ0n) is 11.5. The van der Waals surface area contributed by atoms with Crippen LogP contribution in [0.4, 0.5) is 5.82 Å². The second-order valence-electron chi connectivity index (χ2n) is 4.56. The molecule has 0 aliphatic rings. The molecular weight excluding hydrogens is 250 g/mol. The van der Waals surface area contributed by atoms with Gasteiger partial charge >= 0.3 is 0 Å². The molecule has 2 N–H and O–H groups in total. The first-order chi connectivity index (χ1) is 8.49. The molecule has 0 spiro atoms. The predicted octanol–water partition coefficient (Wildman–Crippen LogP) is 2.96. The normalized spacial score (nSPS) is 12.8. The highest BCUT2D eigenvalue weighted by Gasteiger charge is 2.16. The van der Waals surface area contributed by atoms with Crippen molar-refractivity contribution >= 4 is 17.4 Å². The molecule has 0 aliphatic heterocycles. The Bertz CT molecular complexity index is 394. The highest BCUT2D eigenvalue weighted by Crippen LogP contribution is 2.20. The van der Waals surface area contributed by atoms with E-state index in [-0.39, 0.29) is 6.10 Å². The maximum atomic E-state index is 10.1. The second kappa shape index (κ2) is 6.90. The lowest BCUT2D eigenvalue weighted by molar-refractivity contribution is 0.114. The Morgan fingerprint density at radius 2 is 1.83 bits per heavy atom. The first-order valence-corrected chi connectivity index (χ1v) is 6.80. The molecule has 0 saturated heterocycles. The molecule has 102 valence electrons. The number of hydrogen-bond donors (Lipinski definition) is 2. The van der Waals surface area contributed by atoms with E-state index in [1.54, 1.807) is 6.92 Å². The Kier molecular flexibility index (Phi) is 5.82. The van der Waals surface area contributed by atoms with Crippen molar-refractivity contribution in [3.8, 4) is 0 Å². The van der Waals surface area contributed by atoms with Gasteiger partial charge in [0.15, 0.2) is 0 Å². The molecule has 0 aromatic carbocycles. The summed E-state index contributed by atoms with van der Waals surface area (Å²) in [7, 11) is 0. The van der Waals surface area contributed by atoms with E-state index >= 15 is 0 Å². The van der Waals surface area contributed by atoms with Gasteiger partial charge in [0.25, 0.3) is 0 Å². The molecule has 0 saturated carbocycles. The number of halogens is 1. The van der Waals surface area contributed by atoms with Gasteiger partial charge in [-0.1, -0.05) is 38.3 Å². The van der Waals surface area contributed by atoms with Crippen molar-refractivity contribution in [1.29, 1.82) is 0 Å². The molecule has 1 heterocycles. The summed E-state index contributed by atoms with van der Waals surface area (Å²) >= 11 is 6.00. The van der Waals surface area contributed by atoms with Crippen LogP contribution in [0.15, 0.2) is 0 Å². The van der Waals surface area contributed by atoms with E-state index in [9.17, 15) is 5.11 Å². The number of anilines is 1. The summed E-state index contributed by atoms with van der Waals surface area (Å²) in [5, 5.41) is 13.7. The van der Waals surface area contributed by atoms with Crippen molar-refractivity contribution in [2.75, 3.05) is 11.9 Å². The third-order valence-corrected chi connectivity index (χ3v) is 3.64. The molecule has 0 fully saturated rings. The average Bonchev–Trinajstić information content (AvgIpc) is 2.33. The predicted molar refractivity (Wildman–Crippen MR) is 75.1 cm³/mol. The highest BCUT2D eigenvalue weighted by molar-refractivity contribution is 6.30. The van der Waals surface area contributed by atoms with Crippen LogP contribution < -0.4 is 5.32 Å². The second-order valence-corrected chi connectivity index (χ2v) is 4.92. The van der Waals surface area contributed by atoms with Crippen LogP contribution in [0.3, 0.4) is 0 Å². The summed E-state index contributed by atoms with van der Waals surface area (Å²) in [5.41, 5.74) is 0.819. The Hall–Kier alpha value is -0.870. The van der Waals surface area contributed by atoms with Gasteiger partial charge in [0, 0.05) is 12.1 Å². The van der Waals surface area contributed by atoms with Crippen LogP contribution in [-0.4, -0.2) is 27.7 Å². The van der Waals surface area contributed by atoms with Gasteiger partial charge in [-0.15, -0.1) is 0 Å². The summed E-state index contributed by atoms with van der Waals surface area (Å²) < 4.78 is 0. The van der Waals surface area contributed by atoms with E-state index in [2.05, 4.69) is 29.1 Å². The van der Waals surface area contributed by atoms with Crippen LogP contribution >= 0.6 is 11.6 Å². The Morgan fingerprint density at radius 1 is 1.22 bits per heavy atom. The molecule has 0 bridgehead atoms. The van der Waals surface area contributed by atoms with Crippen molar-refractivity contribution in [3.05, 3.63) is 16.5 Å². The largest absolute Gasteiger partial charge is 0.391 e. The molecule has 1 rings (SSSR count). The average molecular weight is 272 g/mol. The van der Waals surface area contributed by atoms with E-state index in [1.807, 2.05) is 6.92 Å². The summed E-state index contributed by atoms with van der Waals surface area (Å²) in [6.07, 6.45) is 1.58. The number of aliphatic hydroxyl groups excluding tert-OH is 1. The van der Waals surface area contributed by atoms with E-state index < -0.39 is 0 Å². The zero-order valence-corrected chi connectivity index (χ0v) is 12.3. The van der Waals surface area contributed by atoms with Gasteiger partial charge in [-0.3, -0.25) is 0 Å². The van der Waals surface area contributed by atoms with Crippen LogP contribution in [-0.2, 0) is 0 Å². The number of aromatic nitrogens is 2. The van der Waals surface area contributed by atoms with E-state index in [1.165, 1.54) is 0 Å². The molecule has 1 aromatic rings. The van der Waals surface area contributed by atoms with Crippen molar-refractivity contribution < 1.29 is 5.11 Å². The molecule has 0 aliphatic carbocycles. The first-order valence-electron chi connectivity index (χ1n) is 6.42. The summed E-state index contributed by atoms with van der Waals surface area (Å²) in [6, 6.07) is 0. The minimum absolute atomic E-state index is 0.316. The van der Waals surface area contributed by atoms with Gasteiger partial charge in [0.1, 0.15) is 16.8 Å². The van der Waals surface area contributed by atoms with Gasteiger partial charge < -0.3 is 10.4 Å². The molecular formula is C13H22ClN3O. The third kappa shape index (κ3) is 3.82. The molecule has 1 atom stereocenters. The number of aliphatic hydroxyl groups is 1. The van der Waals surface area contributed by atoms with E-state index in [4.69, 9.17) is 11.6 Å². The molecule has 0 radical (unpaired) electrons. The molecule has 0 amide bonds. The molecule has 1 unspecified atom stereocenters. The van der Waals surface area contributed by atoms with Crippen LogP contribution in [0, 0.1) is 19.8 Å². The van der Waals surface area contributed by atoms with Gasteiger partial charge in [0.2, 0.25) is 0 Å². The van der Waals surface area contributed by atoms with Crippen LogP contribution in [0.2, 0.25) is 5.15 Å². The monoisotopic (exact) mass is 271 g/mol. The first kappa shape index (κ1) is 15.2. The fourth-order valence-electron chi connectivity index (χ4n) is 1.97. The van der Waals surface area contributed by atoms with Gasteiger partial charge in [-0.2, -0.15) is 0 Å². The van der Waals surface area contributed by atoms with E-state index in [0.717, 1.165) is 18.4 Å². The SMILES string of the molecule is CCC(CC)C(O)CNc1nc(C)nc(Cl)c1C. The van der Waals surface area contributed by atoms with Crippen molar-refractivity contribution in [1.82, 2.24) is 9.97 Å². The Labute approximate surface area is 114 Å². The molecule has 18 heavy (non-hydrogen) atoms. The third-order valence-electron chi connectivity index (χ3n) is 3.27. The van der Waals surface area contributed by atoms with Crippen molar-refractivity contribution in [2.24, 2.45) is 5.92 Å². The van der Waals surface area contributed by atoms with Crippen molar-refractivity contribution in [2.45, 2.75) is 46.6 Å². The maximum Gasteiger partial charge on any atom is 0.137 e. The summed E-state index contributed by atoms with van der Waals surface area (Å²) in [4.78, 5) is 8.38. The lowest BCUT2D eigenvalue weighted by Gasteiger charge is -2.21. The highest BCUT2D eigenvalue weighted by atomic mass is 35.5. The maximum absolute atomic E-state index is 10.1. The van der Waals surface area contributed by atoms with Crippen LogP contribution in [0.1, 0.15) is 38.1 Å². The number of aryl methyl sites for hydroxylation is 1. The Balaban J connectivity index is 2.69. The molecule has 4 nitrogen and oxygen atoms in total. The smallest absolute Gasteiger partial charge is 0.137 e. The minimum atomic E-state index is -0.367. The van der Waals surface area contributed by atoms with Gasteiger partial charge in [0.05, 0.1) is 6.10 Å². The number of hydrogen-bond acceptors (Lipinski definition) is 4. The number of nitrogens with one attached hydrogen (secondary N) is 1. The topological polar surface area (TPSA) is 58.0 Å². The Morgan fingerprint density at radius 3 is 2.39 bits per heavy atom. The number of rotatable bonds is 6. The summed E-state index contributed by atoms with van der Waals surface area (Å²) in [5.74, 6) is 1.65. The molecule has 5 heteroatoms.